The average molecular weight is 515 g/mol. The first-order valence-electron chi connectivity index (χ1n) is 12.8. The van der Waals surface area contributed by atoms with Gasteiger partial charge in [0.1, 0.15) is 0 Å². The number of hydrogen-bond acceptors (Lipinski definition) is 9. The van der Waals surface area contributed by atoms with Gasteiger partial charge in [0, 0.05) is 74.5 Å². The zero-order chi connectivity index (χ0) is 27.3. The maximum absolute atomic E-state index is 10.9. The molecule has 4 rings (SSSR count). The molecule has 200 valence electrons. The van der Waals surface area contributed by atoms with Gasteiger partial charge in [-0.1, -0.05) is 6.92 Å². The molecule has 2 N–H and O–H groups in total. The van der Waals surface area contributed by atoms with Gasteiger partial charge < -0.3 is 20.4 Å². The van der Waals surface area contributed by atoms with Crippen molar-refractivity contribution >= 4 is 17.9 Å². The molecule has 0 atom stereocenters. The number of nitrogens with one attached hydrogen (secondary N) is 2. The Hall–Kier alpha value is -4.11. The zero-order valence-electron chi connectivity index (χ0n) is 23.0. The Morgan fingerprint density at radius 3 is 2.55 bits per heavy atom. The second-order valence-electron chi connectivity index (χ2n) is 9.07. The quantitative estimate of drug-likeness (QED) is 0.380. The van der Waals surface area contributed by atoms with Crippen LogP contribution in [0, 0.1) is 6.92 Å². The van der Waals surface area contributed by atoms with Gasteiger partial charge in [0.25, 0.3) is 0 Å². The van der Waals surface area contributed by atoms with Crippen LogP contribution in [0.2, 0.25) is 0 Å². The SMILES string of the molecule is CCN(C)CCN(C)C1=CC=C(NC)CC1.Cc1ncc(C=O)cc1Nc1nccc(-c2cccnc2)n1. The van der Waals surface area contributed by atoms with Crippen molar-refractivity contribution in [3.05, 3.63) is 83.9 Å². The molecule has 9 nitrogen and oxygen atoms in total. The number of carbonyl (C=O) groups excluding carboxylic acids is 1. The van der Waals surface area contributed by atoms with Crippen molar-refractivity contribution in [2.24, 2.45) is 0 Å². The largest absolute Gasteiger partial charge is 0.391 e. The van der Waals surface area contributed by atoms with E-state index in [1.807, 2.05) is 32.2 Å². The molecular weight excluding hydrogens is 476 g/mol. The highest BCUT2D eigenvalue weighted by atomic mass is 16.1. The number of aldehydes is 1. The van der Waals surface area contributed by atoms with Gasteiger partial charge >= 0.3 is 0 Å². The van der Waals surface area contributed by atoms with Crippen LogP contribution in [-0.4, -0.2) is 76.8 Å². The smallest absolute Gasteiger partial charge is 0.227 e. The number of nitrogens with zero attached hydrogens (tertiary/aromatic N) is 6. The van der Waals surface area contributed by atoms with E-state index in [9.17, 15) is 4.79 Å². The van der Waals surface area contributed by atoms with Crippen molar-refractivity contribution in [3.63, 3.8) is 0 Å². The van der Waals surface area contributed by atoms with Gasteiger partial charge in [-0.2, -0.15) is 0 Å². The van der Waals surface area contributed by atoms with Crippen molar-refractivity contribution in [2.75, 3.05) is 46.1 Å². The summed E-state index contributed by atoms with van der Waals surface area (Å²) in [6.07, 6.45) is 14.1. The third-order valence-electron chi connectivity index (χ3n) is 6.40. The van der Waals surface area contributed by atoms with Crippen molar-refractivity contribution in [3.8, 4) is 11.3 Å². The van der Waals surface area contributed by atoms with Gasteiger partial charge in [0.15, 0.2) is 6.29 Å². The normalized spacial score (nSPS) is 12.6. The van der Waals surface area contributed by atoms with Crippen LogP contribution in [0.4, 0.5) is 11.6 Å². The summed E-state index contributed by atoms with van der Waals surface area (Å²) in [5.74, 6) is 0.439. The van der Waals surface area contributed by atoms with Gasteiger partial charge in [0.05, 0.1) is 17.1 Å². The van der Waals surface area contributed by atoms with Gasteiger partial charge in [-0.05, 0) is 69.8 Å². The van der Waals surface area contributed by atoms with E-state index < -0.39 is 0 Å². The maximum atomic E-state index is 10.9. The topological polar surface area (TPSA) is 99.2 Å². The minimum atomic E-state index is 0.439. The van der Waals surface area contributed by atoms with Gasteiger partial charge in [-0.25, -0.2) is 9.97 Å². The van der Waals surface area contributed by atoms with Crippen LogP contribution in [0.1, 0.15) is 35.8 Å². The molecule has 0 aliphatic heterocycles. The molecule has 0 fully saturated rings. The minimum Gasteiger partial charge on any atom is -0.391 e. The first-order chi connectivity index (χ1) is 18.4. The van der Waals surface area contributed by atoms with E-state index in [4.69, 9.17) is 0 Å². The van der Waals surface area contributed by atoms with E-state index >= 15 is 0 Å². The van der Waals surface area contributed by atoms with Crippen LogP contribution < -0.4 is 10.6 Å². The van der Waals surface area contributed by atoms with Crippen LogP contribution in [0.3, 0.4) is 0 Å². The highest BCUT2D eigenvalue weighted by molar-refractivity contribution is 5.77. The van der Waals surface area contributed by atoms with Crippen molar-refractivity contribution in [1.29, 1.82) is 0 Å². The molecule has 1 aliphatic carbocycles. The molecule has 3 heterocycles. The van der Waals surface area contributed by atoms with Gasteiger partial charge in [-0.15, -0.1) is 0 Å². The number of rotatable bonds is 10. The fourth-order valence-corrected chi connectivity index (χ4v) is 3.73. The number of allylic oxidation sites excluding steroid dienone is 4. The number of anilines is 2. The number of aromatic nitrogens is 4. The van der Waals surface area contributed by atoms with E-state index in [1.165, 1.54) is 17.6 Å². The van der Waals surface area contributed by atoms with E-state index in [-0.39, 0.29) is 0 Å². The summed E-state index contributed by atoms with van der Waals surface area (Å²) in [6.45, 7) is 7.41. The van der Waals surface area contributed by atoms with Crippen molar-refractivity contribution < 1.29 is 4.79 Å². The summed E-state index contributed by atoms with van der Waals surface area (Å²) in [6, 6.07) is 7.32. The molecule has 0 radical (unpaired) electrons. The summed E-state index contributed by atoms with van der Waals surface area (Å²) in [7, 11) is 6.35. The number of likely N-dealkylation sites (N-methyl/N-ethyl adjacent to an activating group) is 2. The molecule has 0 unspecified atom stereocenters. The third-order valence-corrected chi connectivity index (χ3v) is 6.40. The standard InChI is InChI=1S/C16H13N5O.C13H25N3/c1-11-15(7-12(10-22)8-19-11)21-16-18-6-4-14(20-16)13-3-2-5-17-9-13;1-5-15(3)10-11-16(4)13-8-6-12(14-2)7-9-13/h2-10H,1H3,(H,18,20,21);6,8,14H,5,7,9-11H2,1-4H3. The number of aryl methyl sites for hydroxylation is 1. The number of hydrogen-bond donors (Lipinski definition) is 2. The van der Waals surface area contributed by atoms with Gasteiger partial charge in [-0.3, -0.25) is 14.8 Å². The van der Waals surface area contributed by atoms with Crippen LogP contribution >= 0.6 is 0 Å². The highest BCUT2D eigenvalue weighted by Crippen LogP contribution is 2.21. The molecular formula is C29H38N8O. The Kier molecular flexibility index (Phi) is 10.9. The molecule has 0 spiro atoms. The zero-order valence-corrected chi connectivity index (χ0v) is 23.0. The predicted octanol–water partition coefficient (Wildman–Crippen LogP) is 4.45. The minimum absolute atomic E-state index is 0.439. The van der Waals surface area contributed by atoms with Crippen LogP contribution in [0.5, 0.6) is 0 Å². The summed E-state index contributed by atoms with van der Waals surface area (Å²) < 4.78 is 0. The summed E-state index contributed by atoms with van der Waals surface area (Å²) in [5, 5.41) is 6.31. The first-order valence-corrected chi connectivity index (χ1v) is 12.8. The Labute approximate surface area is 225 Å². The van der Waals surface area contributed by atoms with E-state index in [0.29, 0.717) is 17.2 Å². The molecule has 38 heavy (non-hydrogen) atoms. The monoisotopic (exact) mass is 514 g/mol. The van der Waals surface area contributed by atoms with E-state index in [1.54, 1.807) is 24.7 Å². The average Bonchev–Trinajstić information content (AvgIpc) is 2.97. The lowest BCUT2D eigenvalue weighted by Gasteiger charge is -2.27. The van der Waals surface area contributed by atoms with Crippen molar-refractivity contribution in [1.82, 2.24) is 35.1 Å². The maximum Gasteiger partial charge on any atom is 0.227 e. The van der Waals surface area contributed by atoms with Crippen LogP contribution in [0.15, 0.2) is 72.6 Å². The second kappa shape index (κ2) is 14.6. The summed E-state index contributed by atoms with van der Waals surface area (Å²) in [4.78, 5) is 32.5. The molecule has 0 saturated heterocycles. The second-order valence-corrected chi connectivity index (χ2v) is 9.07. The predicted molar refractivity (Wildman–Crippen MR) is 153 cm³/mol. The Bertz CT molecular complexity index is 1240. The highest BCUT2D eigenvalue weighted by Gasteiger charge is 2.10. The van der Waals surface area contributed by atoms with E-state index in [2.05, 4.69) is 73.5 Å². The molecule has 0 bridgehead atoms. The van der Waals surface area contributed by atoms with Crippen LogP contribution in [0.25, 0.3) is 11.3 Å². The Morgan fingerprint density at radius 1 is 1.05 bits per heavy atom. The lowest BCUT2D eigenvalue weighted by atomic mass is 10.1. The molecule has 3 aromatic heterocycles. The third kappa shape index (κ3) is 8.48. The molecule has 9 heteroatoms. The molecule has 0 aromatic carbocycles. The Balaban J connectivity index is 0.000000223. The fraction of sp³-hybridized carbons (Fsp3) is 0.345. The fourth-order valence-electron chi connectivity index (χ4n) is 3.73. The van der Waals surface area contributed by atoms with E-state index in [0.717, 1.165) is 55.7 Å². The molecule has 3 aromatic rings. The Morgan fingerprint density at radius 2 is 1.89 bits per heavy atom. The lowest BCUT2D eigenvalue weighted by molar-refractivity contribution is 0.112. The molecule has 1 aliphatic rings. The lowest BCUT2D eigenvalue weighted by Crippen LogP contribution is -2.30. The molecule has 0 amide bonds. The number of carbonyl (C=O) groups is 1. The van der Waals surface area contributed by atoms with Gasteiger partial charge in [0.2, 0.25) is 5.95 Å². The summed E-state index contributed by atoms with van der Waals surface area (Å²) in [5.41, 5.74) is 6.42. The van der Waals surface area contributed by atoms with Crippen molar-refractivity contribution in [2.45, 2.75) is 26.7 Å². The summed E-state index contributed by atoms with van der Waals surface area (Å²) >= 11 is 0. The number of pyridine rings is 2. The van der Waals surface area contributed by atoms with Crippen LogP contribution in [-0.2, 0) is 0 Å². The first kappa shape index (κ1) is 28.5. The molecule has 0 saturated carbocycles.